The highest BCUT2D eigenvalue weighted by Gasteiger charge is 2.25. The van der Waals surface area contributed by atoms with E-state index in [1.807, 2.05) is 0 Å². The number of anilines is 3. The number of ether oxygens (including phenoxy) is 1. The number of fused-ring (bicyclic) bond motifs is 1. The lowest BCUT2D eigenvalue weighted by Crippen LogP contribution is -2.40. The van der Waals surface area contributed by atoms with Crippen molar-refractivity contribution in [3.05, 3.63) is 78.4 Å². The van der Waals surface area contributed by atoms with Crippen molar-refractivity contribution in [1.29, 1.82) is 0 Å². The van der Waals surface area contributed by atoms with Crippen molar-refractivity contribution in [1.82, 2.24) is 0 Å². The zero-order chi connectivity index (χ0) is 24.3. The van der Waals surface area contributed by atoms with Crippen LogP contribution in [0, 0.1) is 11.6 Å². The summed E-state index contributed by atoms with van der Waals surface area (Å²) in [6, 6.07) is 15.1. The molecular formula is C23H19F2N3O5S. The molecule has 11 heteroatoms. The van der Waals surface area contributed by atoms with Crippen molar-refractivity contribution in [3.8, 4) is 5.75 Å². The predicted octanol–water partition coefficient (Wildman–Crippen LogP) is 3.52. The highest BCUT2D eigenvalue weighted by Crippen LogP contribution is 2.31. The molecule has 0 unspecified atom stereocenters. The molecule has 4 rings (SSSR count). The van der Waals surface area contributed by atoms with Gasteiger partial charge >= 0.3 is 0 Å². The van der Waals surface area contributed by atoms with Crippen LogP contribution in [-0.4, -0.2) is 33.4 Å². The Morgan fingerprint density at radius 3 is 2.41 bits per heavy atom. The summed E-state index contributed by atoms with van der Waals surface area (Å²) in [5.41, 5.74) is 1.18. The molecule has 0 aromatic heterocycles. The topological polar surface area (TPSA) is 105 Å². The van der Waals surface area contributed by atoms with Crippen molar-refractivity contribution in [2.24, 2.45) is 0 Å². The third-order valence-electron chi connectivity index (χ3n) is 4.99. The maximum absolute atomic E-state index is 13.4. The largest absolute Gasteiger partial charge is 0.482 e. The number of hydrogen-bond acceptors (Lipinski definition) is 5. The zero-order valence-corrected chi connectivity index (χ0v) is 18.4. The lowest BCUT2D eigenvalue weighted by molar-refractivity contribution is -0.121. The minimum atomic E-state index is -4.13. The van der Waals surface area contributed by atoms with Gasteiger partial charge in [0.15, 0.2) is 18.2 Å². The third kappa shape index (κ3) is 5.15. The minimum absolute atomic E-state index is 0.0323. The van der Waals surface area contributed by atoms with Gasteiger partial charge in [-0.3, -0.25) is 14.3 Å². The number of halogens is 2. The van der Waals surface area contributed by atoms with E-state index in [1.54, 1.807) is 24.3 Å². The van der Waals surface area contributed by atoms with Gasteiger partial charge in [-0.15, -0.1) is 0 Å². The molecule has 176 valence electrons. The Bertz CT molecular complexity index is 1350. The van der Waals surface area contributed by atoms with Crippen molar-refractivity contribution < 1.29 is 31.5 Å². The molecule has 0 spiro atoms. The van der Waals surface area contributed by atoms with Crippen LogP contribution in [0.15, 0.2) is 71.6 Å². The summed E-state index contributed by atoms with van der Waals surface area (Å²) in [4.78, 5) is 25.6. The summed E-state index contributed by atoms with van der Waals surface area (Å²) in [7, 11) is -4.13. The molecule has 2 amide bonds. The normalized spacial score (nSPS) is 13.1. The van der Waals surface area contributed by atoms with Gasteiger partial charge in [-0.1, -0.05) is 12.1 Å². The summed E-state index contributed by atoms with van der Waals surface area (Å²) in [6.07, 6.45) is 0.0323. The number of nitrogens with zero attached hydrogens (tertiary/aromatic N) is 1. The van der Waals surface area contributed by atoms with Crippen molar-refractivity contribution >= 4 is 38.9 Å². The summed E-state index contributed by atoms with van der Waals surface area (Å²) < 4.78 is 58.8. The Kier molecular flexibility index (Phi) is 6.46. The summed E-state index contributed by atoms with van der Waals surface area (Å²) in [5, 5.41) is 2.68. The van der Waals surface area contributed by atoms with E-state index in [9.17, 15) is 26.8 Å². The standard InChI is InChI=1S/C23H19F2N3O5S/c24-18-10-9-17(13-19(18)25)34(31,32)27-16-7-5-15(6-8-16)26-22(29)11-12-28-20-3-1-2-4-21(20)33-14-23(28)30/h1-10,13,27H,11-12,14H2,(H,26,29). The van der Waals surface area contributed by atoms with Gasteiger partial charge in [0.25, 0.3) is 15.9 Å². The Hall–Kier alpha value is -3.99. The molecule has 0 radical (unpaired) electrons. The first kappa shape index (κ1) is 23.2. The van der Waals surface area contributed by atoms with E-state index in [-0.39, 0.29) is 37.1 Å². The van der Waals surface area contributed by atoms with E-state index in [2.05, 4.69) is 10.0 Å². The fourth-order valence-corrected chi connectivity index (χ4v) is 4.39. The molecule has 0 atom stereocenters. The minimum Gasteiger partial charge on any atom is -0.482 e. The quantitative estimate of drug-likeness (QED) is 0.531. The summed E-state index contributed by atoms with van der Waals surface area (Å²) >= 11 is 0. The van der Waals surface area contributed by atoms with E-state index < -0.39 is 26.6 Å². The first-order valence-electron chi connectivity index (χ1n) is 10.1. The van der Waals surface area contributed by atoms with Crippen LogP contribution in [0.2, 0.25) is 0 Å². The van der Waals surface area contributed by atoms with E-state index in [0.29, 0.717) is 23.2 Å². The number of carbonyl (C=O) groups is 2. The Morgan fingerprint density at radius 1 is 0.971 bits per heavy atom. The lowest BCUT2D eigenvalue weighted by atomic mass is 10.2. The second-order valence-electron chi connectivity index (χ2n) is 7.36. The van der Waals surface area contributed by atoms with Gasteiger partial charge < -0.3 is 15.0 Å². The van der Waals surface area contributed by atoms with Gasteiger partial charge in [0, 0.05) is 24.3 Å². The number of rotatable bonds is 7. The Labute approximate surface area is 194 Å². The van der Waals surface area contributed by atoms with Crippen molar-refractivity contribution in [2.45, 2.75) is 11.3 Å². The fraction of sp³-hybridized carbons (Fsp3) is 0.130. The van der Waals surface area contributed by atoms with Gasteiger partial charge in [-0.05, 0) is 54.6 Å². The van der Waals surface area contributed by atoms with E-state index >= 15 is 0 Å². The van der Waals surface area contributed by atoms with Crippen LogP contribution in [0.5, 0.6) is 5.75 Å². The second kappa shape index (κ2) is 9.48. The number of benzene rings is 3. The number of para-hydroxylation sites is 2. The maximum Gasteiger partial charge on any atom is 0.265 e. The van der Waals surface area contributed by atoms with Gasteiger partial charge in [-0.25, -0.2) is 17.2 Å². The van der Waals surface area contributed by atoms with E-state index in [1.165, 1.54) is 29.2 Å². The molecule has 0 saturated heterocycles. The van der Waals surface area contributed by atoms with Crippen LogP contribution in [0.1, 0.15) is 6.42 Å². The number of nitrogens with one attached hydrogen (secondary N) is 2. The molecule has 3 aromatic carbocycles. The molecular weight excluding hydrogens is 468 g/mol. The molecule has 2 N–H and O–H groups in total. The Balaban J connectivity index is 1.35. The molecule has 3 aromatic rings. The number of amides is 2. The number of carbonyl (C=O) groups excluding carboxylic acids is 2. The zero-order valence-electron chi connectivity index (χ0n) is 17.6. The first-order valence-corrected chi connectivity index (χ1v) is 11.6. The molecule has 1 aliphatic rings. The highest BCUT2D eigenvalue weighted by atomic mass is 32.2. The van der Waals surface area contributed by atoms with Gasteiger partial charge in [-0.2, -0.15) is 0 Å². The van der Waals surface area contributed by atoms with Gasteiger partial charge in [0.05, 0.1) is 10.6 Å². The molecule has 8 nitrogen and oxygen atoms in total. The van der Waals surface area contributed by atoms with Gasteiger partial charge in [0.1, 0.15) is 5.75 Å². The maximum atomic E-state index is 13.4. The molecule has 1 heterocycles. The number of sulfonamides is 1. The molecule has 34 heavy (non-hydrogen) atoms. The molecule has 0 saturated carbocycles. The van der Waals surface area contributed by atoms with E-state index in [0.717, 1.165) is 12.1 Å². The van der Waals surface area contributed by atoms with Gasteiger partial charge in [0.2, 0.25) is 5.91 Å². The van der Waals surface area contributed by atoms with Crippen molar-refractivity contribution in [3.63, 3.8) is 0 Å². The molecule has 1 aliphatic heterocycles. The monoisotopic (exact) mass is 487 g/mol. The van der Waals surface area contributed by atoms with E-state index in [4.69, 9.17) is 4.74 Å². The average Bonchev–Trinajstić information content (AvgIpc) is 2.81. The lowest BCUT2D eigenvalue weighted by Gasteiger charge is -2.29. The first-order chi connectivity index (χ1) is 16.2. The van der Waals surface area contributed by atoms with Crippen LogP contribution in [0.25, 0.3) is 0 Å². The molecule has 0 aliphatic carbocycles. The predicted molar refractivity (Wildman–Crippen MR) is 121 cm³/mol. The van der Waals surface area contributed by atoms with Crippen LogP contribution in [0.3, 0.4) is 0 Å². The van der Waals surface area contributed by atoms with Crippen molar-refractivity contribution in [2.75, 3.05) is 28.1 Å². The number of hydrogen-bond donors (Lipinski definition) is 2. The second-order valence-corrected chi connectivity index (χ2v) is 9.04. The third-order valence-corrected chi connectivity index (χ3v) is 6.37. The smallest absolute Gasteiger partial charge is 0.265 e. The summed E-state index contributed by atoms with van der Waals surface area (Å²) in [5.74, 6) is -2.44. The highest BCUT2D eigenvalue weighted by molar-refractivity contribution is 7.92. The molecule has 0 fully saturated rings. The SMILES string of the molecule is O=C(CCN1C(=O)COc2ccccc21)Nc1ccc(NS(=O)(=O)c2ccc(F)c(F)c2)cc1. The Morgan fingerprint density at radius 2 is 1.68 bits per heavy atom. The van der Waals surface area contributed by atoms with Crippen LogP contribution < -0.4 is 19.7 Å². The average molecular weight is 487 g/mol. The van der Waals surface area contributed by atoms with Crippen LogP contribution >= 0.6 is 0 Å². The molecule has 0 bridgehead atoms. The summed E-state index contributed by atoms with van der Waals surface area (Å²) in [6.45, 7) is 0.0672. The van der Waals surface area contributed by atoms with Crippen LogP contribution in [0.4, 0.5) is 25.8 Å². The van der Waals surface area contributed by atoms with Crippen LogP contribution in [-0.2, 0) is 19.6 Å². The fourth-order valence-electron chi connectivity index (χ4n) is 3.32.